The second-order valence-corrected chi connectivity index (χ2v) is 6.68. The Morgan fingerprint density at radius 3 is 2.56 bits per heavy atom. The van der Waals surface area contributed by atoms with Crippen molar-refractivity contribution >= 4 is 0 Å². The molecule has 3 fully saturated rings. The third kappa shape index (κ3) is 1.81. The summed E-state index contributed by atoms with van der Waals surface area (Å²) in [5, 5.41) is 0. The van der Waals surface area contributed by atoms with Crippen molar-refractivity contribution in [2.75, 3.05) is 13.2 Å². The van der Waals surface area contributed by atoms with Crippen LogP contribution in [-0.2, 0) is 4.74 Å². The molecule has 2 bridgehead atoms. The average molecular weight is 222 g/mol. The van der Waals surface area contributed by atoms with Crippen molar-refractivity contribution in [1.82, 2.24) is 0 Å². The third-order valence-electron chi connectivity index (χ3n) is 6.00. The van der Waals surface area contributed by atoms with Gasteiger partial charge in [0.2, 0.25) is 0 Å². The SMILES string of the molecule is CC1C2CC(CCC3CCOC3)C(C2)C1C. The van der Waals surface area contributed by atoms with Crippen LogP contribution < -0.4 is 0 Å². The van der Waals surface area contributed by atoms with Gasteiger partial charge in [-0.25, -0.2) is 0 Å². The zero-order valence-electron chi connectivity index (χ0n) is 10.8. The summed E-state index contributed by atoms with van der Waals surface area (Å²) in [5.41, 5.74) is 0. The summed E-state index contributed by atoms with van der Waals surface area (Å²) in [5.74, 6) is 6.12. The molecule has 92 valence electrons. The first-order valence-electron chi connectivity index (χ1n) is 7.33. The summed E-state index contributed by atoms with van der Waals surface area (Å²) in [6.45, 7) is 7.05. The highest BCUT2D eigenvalue weighted by Crippen LogP contribution is 2.56. The van der Waals surface area contributed by atoms with E-state index in [9.17, 15) is 0 Å². The highest BCUT2D eigenvalue weighted by Gasteiger charge is 2.48. The number of hydrogen-bond acceptors (Lipinski definition) is 1. The van der Waals surface area contributed by atoms with Crippen molar-refractivity contribution in [3.8, 4) is 0 Å². The molecule has 1 heteroatoms. The smallest absolute Gasteiger partial charge is 0.0495 e. The van der Waals surface area contributed by atoms with Crippen molar-refractivity contribution in [3.63, 3.8) is 0 Å². The van der Waals surface area contributed by atoms with Gasteiger partial charge in [0.05, 0.1) is 0 Å². The molecule has 0 amide bonds. The van der Waals surface area contributed by atoms with E-state index in [1.165, 1.54) is 19.3 Å². The van der Waals surface area contributed by atoms with Crippen molar-refractivity contribution in [1.29, 1.82) is 0 Å². The first-order valence-corrected chi connectivity index (χ1v) is 7.33. The molecule has 2 saturated carbocycles. The minimum Gasteiger partial charge on any atom is -0.381 e. The summed E-state index contributed by atoms with van der Waals surface area (Å²) >= 11 is 0. The van der Waals surface area contributed by atoms with Gasteiger partial charge in [0.15, 0.2) is 0 Å². The first-order chi connectivity index (χ1) is 7.75. The maximum absolute atomic E-state index is 5.47. The molecule has 0 aromatic rings. The highest BCUT2D eigenvalue weighted by atomic mass is 16.5. The van der Waals surface area contributed by atoms with E-state index in [1.54, 1.807) is 12.8 Å². The number of hydrogen-bond donors (Lipinski definition) is 0. The Morgan fingerprint density at radius 1 is 1.06 bits per heavy atom. The summed E-state index contributed by atoms with van der Waals surface area (Å²) in [6.07, 6.45) is 7.35. The summed E-state index contributed by atoms with van der Waals surface area (Å²) < 4.78 is 5.47. The summed E-state index contributed by atoms with van der Waals surface area (Å²) in [4.78, 5) is 0. The Balaban J connectivity index is 1.50. The van der Waals surface area contributed by atoms with E-state index in [2.05, 4.69) is 13.8 Å². The van der Waals surface area contributed by atoms with E-state index in [-0.39, 0.29) is 0 Å². The van der Waals surface area contributed by atoms with Gasteiger partial charge in [-0.2, -0.15) is 0 Å². The number of rotatable bonds is 3. The summed E-state index contributed by atoms with van der Waals surface area (Å²) in [7, 11) is 0. The first kappa shape index (κ1) is 11.1. The molecule has 0 N–H and O–H groups in total. The van der Waals surface area contributed by atoms with Crippen LogP contribution in [0.5, 0.6) is 0 Å². The molecule has 1 aliphatic heterocycles. The second kappa shape index (κ2) is 4.33. The zero-order chi connectivity index (χ0) is 11.1. The van der Waals surface area contributed by atoms with Gasteiger partial charge in [-0.3, -0.25) is 0 Å². The van der Waals surface area contributed by atoms with E-state index in [0.717, 1.165) is 48.7 Å². The monoisotopic (exact) mass is 222 g/mol. The van der Waals surface area contributed by atoms with Crippen molar-refractivity contribution in [2.45, 2.75) is 46.0 Å². The van der Waals surface area contributed by atoms with E-state index in [1.807, 2.05) is 0 Å². The Bertz CT molecular complexity index is 242. The lowest BCUT2D eigenvalue weighted by Gasteiger charge is -2.32. The van der Waals surface area contributed by atoms with Gasteiger partial charge in [0.25, 0.3) is 0 Å². The number of ether oxygens (including phenoxy) is 1. The molecule has 6 unspecified atom stereocenters. The van der Waals surface area contributed by atoms with Crippen LogP contribution in [-0.4, -0.2) is 13.2 Å². The largest absolute Gasteiger partial charge is 0.381 e. The van der Waals surface area contributed by atoms with Crippen LogP contribution in [0.3, 0.4) is 0 Å². The standard InChI is InChI=1S/C15H26O/c1-10-11(2)15-8-14(10)7-13(15)4-3-12-5-6-16-9-12/h10-15H,3-9H2,1-2H3. The van der Waals surface area contributed by atoms with Crippen LogP contribution in [0.1, 0.15) is 46.0 Å². The molecule has 6 atom stereocenters. The molecule has 1 nitrogen and oxygen atoms in total. The van der Waals surface area contributed by atoms with E-state index in [0.29, 0.717) is 0 Å². The molecule has 1 heterocycles. The molecule has 3 aliphatic rings. The van der Waals surface area contributed by atoms with Crippen LogP contribution in [0, 0.1) is 35.5 Å². The lowest BCUT2D eigenvalue weighted by molar-refractivity contribution is 0.162. The van der Waals surface area contributed by atoms with Crippen molar-refractivity contribution in [3.05, 3.63) is 0 Å². The van der Waals surface area contributed by atoms with E-state index in [4.69, 9.17) is 4.74 Å². The van der Waals surface area contributed by atoms with Crippen LogP contribution in [0.4, 0.5) is 0 Å². The van der Waals surface area contributed by atoms with Crippen LogP contribution in [0.25, 0.3) is 0 Å². The molecule has 0 aromatic heterocycles. The minimum atomic E-state index is 0.895. The average Bonchev–Trinajstić information content (AvgIpc) is 2.96. The van der Waals surface area contributed by atoms with Crippen LogP contribution >= 0.6 is 0 Å². The minimum absolute atomic E-state index is 0.895. The maximum Gasteiger partial charge on any atom is 0.0495 e. The van der Waals surface area contributed by atoms with Gasteiger partial charge in [0, 0.05) is 13.2 Å². The van der Waals surface area contributed by atoms with Crippen molar-refractivity contribution < 1.29 is 4.74 Å². The van der Waals surface area contributed by atoms with Crippen molar-refractivity contribution in [2.24, 2.45) is 35.5 Å². The third-order valence-corrected chi connectivity index (χ3v) is 6.00. The lowest BCUT2D eigenvalue weighted by Crippen LogP contribution is -2.24. The molecular formula is C15H26O. The second-order valence-electron chi connectivity index (χ2n) is 6.68. The molecule has 0 aromatic carbocycles. The normalized spacial score (nSPS) is 51.4. The fourth-order valence-corrected chi connectivity index (χ4v) is 4.69. The molecule has 1 saturated heterocycles. The number of fused-ring (bicyclic) bond motifs is 2. The fraction of sp³-hybridized carbons (Fsp3) is 1.00. The van der Waals surface area contributed by atoms with E-state index >= 15 is 0 Å². The molecule has 2 aliphatic carbocycles. The Kier molecular flexibility index (Phi) is 2.99. The van der Waals surface area contributed by atoms with Gasteiger partial charge < -0.3 is 4.74 Å². The van der Waals surface area contributed by atoms with Gasteiger partial charge in [-0.15, -0.1) is 0 Å². The topological polar surface area (TPSA) is 9.23 Å². The van der Waals surface area contributed by atoms with Gasteiger partial charge >= 0.3 is 0 Å². The summed E-state index contributed by atoms with van der Waals surface area (Å²) in [6, 6.07) is 0. The quantitative estimate of drug-likeness (QED) is 0.707. The Hall–Kier alpha value is -0.0400. The molecule has 3 rings (SSSR count). The molecule has 16 heavy (non-hydrogen) atoms. The predicted octanol–water partition coefficient (Wildman–Crippen LogP) is 3.73. The lowest BCUT2D eigenvalue weighted by atomic mass is 9.73. The van der Waals surface area contributed by atoms with E-state index < -0.39 is 0 Å². The molecule has 0 spiro atoms. The van der Waals surface area contributed by atoms with Gasteiger partial charge in [0.1, 0.15) is 0 Å². The van der Waals surface area contributed by atoms with Crippen LogP contribution in [0.2, 0.25) is 0 Å². The molecule has 0 radical (unpaired) electrons. The Morgan fingerprint density at radius 2 is 1.94 bits per heavy atom. The zero-order valence-corrected chi connectivity index (χ0v) is 10.8. The Labute approximate surface area is 99.9 Å². The molecular weight excluding hydrogens is 196 g/mol. The van der Waals surface area contributed by atoms with Crippen LogP contribution in [0.15, 0.2) is 0 Å². The predicted molar refractivity (Wildman–Crippen MR) is 66.2 cm³/mol. The van der Waals surface area contributed by atoms with Gasteiger partial charge in [-0.05, 0) is 67.6 Å². The highest BCUT2D eigenvalue weighted by molar-refractivity contribution is 4.97. The van der Waals surface area contributed by atoms with Gasteiger partial charge in [-0.1, -0.05) is 13.8 Å². The fourth-order valence-electron chi connectivity index (χ4n) is 4.69. The maximum atomic E-state index is 5.47.